The lowest BCUT2D eigenvalue weighted by Gasteiger charge is -2.26. The van der Waals surface area contributed by atoms with Crippen molar-refractivity contribution in [3.8, 4) is 0 Å². The molecule has 1 aromatic carbocycles. The summed E-state index contributed by atoms with van der Waals surface area (Å²) in [6.45, 7) is 0.0470. The first-order chi connectivity index (χ1) is 10.1. The van der Waals surface area contributed by atoms with Gasteiger partial charge >= 0.3 is 5.69 Å². The van der Waals surface area contributed by atoms with Gasteiger partial charge in [0, 0.05) is 12.1 Å². The third-order valence-electron chi connectivity index (χ3n) is 4.12. The van der Waals surface area contributed by atoms with E-state index in [1.807, 2.05) is 24.3 Å². The van der Waals surface area contributed by atoms with Crippen LogP contribution in [0.5, 0.6) is 0 Å². The lowest BCUT2D eigenvalue weighted by atomic mass is 9.92. The molecule has 1 saturated carbocycles. The number of carbonyl (C=O) groups excluding carboxylic acids is 1. The molecule has 1 fully saturated rings. The van der Waals surface area contributed by atoms with Crippen molar-refractivity contribution in [1.82, 2.24) is 14.9 Å². The molecular weight excluding hydrogens is 304 g/mol. The molecule has 1 aliphatic carbocycles. The summed E-state index contributed by atoms with van der Waals surface area (Å²) in [5, 5.41) is 3.00. The van der Waals surface area contributed by atoms with Crippen molar-refractivity contribution in [3.63, 3.8) is 0 Å². The maximum absolute atomic E-state index is 12.1. The van der Waals surface area contributed by atoms with Gasteiger partial charge in [0.05, 0.1) is 11.0 Å². The largest absolute Gasteiger partial charge is 0.352 e. The summed E-state index contributed by atoms with van der Waals surface area (Å²) in [5.41, 5.74) is 7.11. The SMILES string of the molecule is Cl.NC1CCC(NC(=O)Cn2c(=O)[nH]c3ccccc32)CC1. The van der Waals surface area contributed by atoms with Crippen molar-refractivity contribution in [1.29, 1.82) is 0 Å². The molecular formula is C15H21ClN4O2. The van der Waals surface area contributed by atoms with Gasteiger partial charge < -0.3 is 16.0 Å². The average molecular weight is 325 g/mol. The topological polar surface area (TPSA) is 92.9 Å². The first-order valence-corrected chi connectivity index (χ1v) is 7.36. The quantitative estimate of drug-likeness (QED) is 0.790. The average Bonchev–Trinajstić information content (AvgIpc) is 2.78. The highest BCUT2D eigenvalue weighted by atomic mass is 35.5. The van der Waals surface area contributed by atoms with Crippen LogP contribution in [0.2, 0.25) is 0 Å². The standard InChI is InChI=1S/C15H20N4O2.ClH/c16-10-5-7-11(8-6-10)17-14(20)9-19-13-4-2-1-3-12(13)18-15(19)21;/h1-4,10-11H,5-9,16H2,(H,17,20)(H,18,21);1H. The second-order valence-electron chi connectivity index (χ2n) is 5.71. The van der Waals surface area contributed by atoms with Gasteiger partial charge in [0.1, 0.15) is 6.54 Å². The Morgan fingerprint density at radius 3 is 2.68 bits per heavy atom. The second kappa shape index (κ2) is 6.98. The van der Waals surface area contributed by atoms with Crippen LogP contribution in [-0.4, -0.2) is 27.5 Å². The van der Waals surface area contributed by atoms with Crippen LogP contribution >= 0.6 is 12.4 Å². The van der Waals surface area contributed by atoms with E-state index in [1.54, 1.807) is 0 Å². The number of imidazole rings is 1. The van der Waals surface area contributed by atoms with Crippen LogP contribution in [0.4, 0.5) is 0 Å². The van der Waals surface area contributed by atoms with Crippen LogP contribution in [0.25, 0.3) is 11.0 Å². The smallest absolute Gasteiger partial charge is 0.326 e. The van der Waals surface area contributed by atoms with Gasteiger partial charge in [-0.05, 0) is 37.8 Å². The zero-order chi connectivity index (χ0) is 14.8. The minimum atomic E-state index is -0.253. The number of H-pyrrole nitrogens is 1. The van der Waals surface area contributed by atoms with Gasteiger partial charge in [-0.15, -0.1) is 12.4 Å². The van der Waals surface area contributed by atoms with E-state index in [4.69, 9.17) is 5.73 Å². The van der Waals surface area contributed by atoms with Gasteiger partial charge in [0.2, 0.25) is 5.91 Å². The Kier molecular flexibility index (Phi) is 5.26. The number of benzene rings is 1. The van der Waals surface area contributed by atoms with Crippen molar-refractivity contribution >= 4 is 29.3 Å². The van der Waals surface area contributed by atoms with E-state index in [-0.39, 0.29) is 42.6 Å². The Balaban J connectivity index is 0.00000176. The Labute approximate surface area is 134 Å². The third kappa shape index (κ3) is 3.51. The molecule has 6 nitrogen and oxygen atoms in total. The van der Waals surface area contributed by atoms with Gasteiger partial charge in [-0.1, -0.05) is 12.1 Å². The Bertz CT molecular complexity index is 701. The fourth-order valence-electron chi connectivity index (χ4n) is 2.94. The first kappa shape index (κ1) is 16.6. The maximum atomic E-state index is 12.1. The van der Waals surface area contributed by atoms with Crippen LogP contribution in [-0.2, 0) is 11.3 Å². The van der Waals surface area contributed by atoms with Crippen LogP contribution in [0.1, 0.15) is 25.7 Å². The number of aromatic amines is 1. The predicted molar refractivity (Wildman–Crippen MR) is 88.2 cm³/mol. The number of para-hydroxylation sites is 2. The summed E-state index contributed by atoms with van der Waals surface area (Å²) in [5.74, 6) is -0.123. The molecule has 1 amide bonds. The number of nitrogens with two attached hydrogens (primary N) is 1. The van der Waals surface area contributed by atoms with Gasteiger partial charge in [0.25, 0.3) is 0 Å². The number of nitrogens with one attached hydrogen (secondary N) is 2. The zero-order valence-corrected chi connectivity index (χ0v) is 13.1. The molecule has 3 rings (SSSR count). The molecule has 120 valence electrons. The molecule has 0 spiro atoms. The number of rotatable bonds is 3. The maximum Gasteiger partial charge on any atom is 0.326 e. The Morgan fingerprint density at radius 2 is 1.95 bits per heavy atom. The molecule has 0 unspecified atom stereocenters. The minimum absolute atomic E-state index is 0. The molecule has 4 N–H and O–H groups in total. The number of aromatic nitrogens is 2. The molecule has 1 aromatic heterocycles. The molecule has 0 radical (unpaired) electrons. The van der Waals surface area contributed by atoms with E-state index < -0.39 is 0 Å². The molecule has 0 bridgehead atoms. The number of hydrogen-bond donors (Lipinski definition) is 3. The van der Waals surface area contributed by atoms with E-state index in [0.717, 1.165) is 36.7 Å². The number of hydrogen-bond acceptors (Lipinski definition) is 3. The summed E-state index contributed by atoms with van der Waals surface area (Å²) >= 11 is 0. The van der Waals surface area contributed by atoms with Crippen molar-refractivity contribution in [2.24, 2.45) is 5.73 Å². The summed E-state index contributed by atoms with van der Waals surface area (Å²) in [7, 11) is 0. The fourth-order valence-corrected chi connectivity index (χ4v) is 2.94. The predicted octanol–water partition coefficient (Wildman–Crippen LogP) is 1.14. The van der Waals surface area contributed by atoms with Crippen LogP contribution in [0, 0.1) is 0 Å². The van der Waals surface area contributed by atoms with Gasteiger partial charge in [-0.25, -0.2) is 4.79 Å². The summed E-state index contributed by atoms with van der Waals surface area (Å²) in [4.78, 5) is 26.8. The highest BCUT2D eigenvalue weighted by Crippen LogP contribution is 2.17. The number of fused-ring (bicyclic) bond motifs is 1. The van der Waals surface area contributed by atoms with E-state index in [9.17, 15) is 9.59 Å². The lowest BCUT2D eigenvalue weighted by Crippen LogP contribution is -2.42. The number of carbonyl (C=O) groups is 1. The van der Waals surface area contributed by atoms with Crippen molar-refractivity contribution < 1.29 is 4.79 Å². The van der Waals surface area contributed by atoms with Crippen molar-refractivity contribution in [3.05, 3.63) is 34.7 Å². The number of nitrogens with zero attached hydrogens (tertiary/aromatic N) is 1. The highest BCUT2D eigenvalue weighted by molar-refractivity contribution is 5.85. The number of halogens is 1. The highest BCUT2D eigenvalue weighted by Gasteiger charge is 2.20. The molecule has 7 heteroatoms. The van der Waals surface area contributed by atoms with E-state index in [1.165, 1.54) is 4.57 Å². The number of amides is 1. The summed E-state index contributed by atoms with van der Waals surface area (Å²) in [6, 6.07) is 7.81. The van der Waals surface area contributed by atoms with Gasteiger partial charge in [-0.2, -0.15) is 0 Å². The zero-order valence-electron chi connectivity index (χ0n) is 12.2. The van der Waals surface area contributed by atoms with E-state index in [0.29, 0.717) is 0 Å². The lowest BCUT2D eigenvalue weighted by molar-refractivity contribution is -0.122. The van der Waals surface area contributed by atoms with Gasteiger partial charge in [-0.3, -0.25) is 9.36 Å². The van der Waals surface area contributed by atoms with E-state index >= 15 is 0 Å². The molecule has 22 heavy (non-hydrogen) atoms. The third-order valence-corrected chi connectivity index (χ3v) is 4.12. The second-order valence-corrected chi connectivity index (χ2v) is 5.71. The Hall–Kier alpha value is -1.79. The van der Waals surface area contributed by atoms with Crippen LogP contribution in [0.15, 0.2) is 29.1 Å². The van der Waals surface area contributed by atoms with Crippen LogP contribution in [0.3, 0.4) is 0 Å². The fraction of sp³-hybridized carbons (Fsp3) is 0.467. The van der Waals surface area contributed by atoms with E-state index in [2.05, 4.69) is 10.3 Å². The molecule has 1 heterocycles. The van der Waals surface area contributed by atoms with Crippen molar-refractivity contribution in [2.45, 2.75) is 44.3 Å². The summed E-state index contributed by atoms with van der Waals surface area (Å²) < 4.78 is 1.47. The monoisotopic (exact) mass is 324 g/mol. The molecule has 0 saturated heterocycles. The normalized spacial score (nSPS) is 21.3. The Morgan fingerprint density at radius 1 is 1.27 bits per heavy atom. The summed E-state index contributed by atoms with van der Waals surface area (Å²) in [6.07, 6.45) is 3.71. The minimum Gasteiger partial charge on any atom is -0.352 e. The first-order valence-electron chi connectivity index (χ1n) is 7.36. The van der Waals surface area contributed by atoms with Crippen LogP contribution < -0.4 is 16.7 Å². The van der Waals surface area contributed by atoms with Gasteiger partial charge in [0.15, 0.2) is 0 Å². The molecule has 2 aromatic rings. The molecule has 0 atom stereocenters. The van der Waals surface area contributed by atoms with Crippen molar-refractivity contribution in [2.75, 3.05) is 0 Å². The molecule has 1 aliphatic rings. The molecule has 0 aliphatic heterocycles.